The average Bonchev–Trinajstić information content (AvgIpc) is 3.66. The molecule has 0 aliphatic rings. The maximum atomic E-state index is 13.1. The maximum absolute atomic E-state index is 13.1. The first-order valence-corrected chi connectivity index (χ1v) is 15.7. The number of aliphatic hydroxyl groups is 2. The summed E-state index contributed by atoms with van der Waals surface area (Å²) >= 11 is 0. The van der Waals surface area contributed by atoms with Gasteiger partial charge in [0, 0.05) is 34.7 Å². The Kier molecular flexibility index (Phi) is 10.5. The van der Waals surface area contributed by atoms with E-state index in [2.05, 4.69) is 20.8 Å². The standard InChI is InChI=1S/C38H34N6O7/c1-37(49,27-9-5-3-6-10-27)35(47)41-29(21-39)31(45)23-13-17-25(18-14-23)33-43-44-34(51-33)26-19-15-24(16-20-26)32(46)30(22-40)42-36(48)38(2,50)28-11-7-4-8-12-28/h3-22,29-30,39-40,49-50H,1-2H3,(H,41,47)(H,42,48)/t29-,30-,37+,38+/m0/s1. The van der Waals surface area contributed by atoms with Crippen LogP contribution in [0.5, 0.6) is 0 Å². The van der Waals surface area contributed by atoms with Crippen LogP contribution in [0.1, 0.15) is 45.7 Å². The Labute approximate surface area is 292 Å². The number of carbonyl (C=O) groups excluding carboxylic acids is 4. The van der Waals surface area contributed by atoms with E-state index in [9.17, 15) is 29.4 Å². The Morgan fingerprint density at radius 3 is 1.25 bits per heavy atom. The van der Waals surface area contributed by atoms with Gasteiger partial charge in [0.25, 0.3) is 11.8 Å². The number of Topliss-reactive ketones (excluding diaryl/α,β-unsaturated/α-hetero) is 2. The zero-order valence-corrected chi connectivity index (χ0v) is 27.5. The summed E-state index contributed by atoms with van der Waals surface area (Å²) in [7, 11) is 0. The molecule has 0 saturated heterocycles. The van der Waals surface area contributed by atoms with Gasteiger partial charge in [0.15, 0.2) is 22.8 Å². The van der Waals surface area contributed by atoms with Crippen LogP contribution in [0, 0.1) is 10.8 Å². The number of rotatable bonds is 14. The topological polar surface area (TPSA) is 219 Å². The zero-order valence-electron chi connectivity index (χ0n) is 27.5. The number of aromatic nitrogens is 2. The molecule has 4 aromatic carbocycles. The molecule has 5 rings (SSSR count). The van der Waals surface area contributed by atoms with Crippen LogP contribution >= 0.6 is 0 Å². The smallest absolute Gasteiger partial charge is 0.257 e. The molecule has 0 spiro atoms. The monoisotopic (exact) mass is 686 g/mol. The highest BCUT2D eigenvalue weighted by Crippen LogP contribution is 2.26. The molecule has 5 aromatic rings. The van der Waals surface area contributed by atoms with E-state index in [1.807, 2.05) is 0 Å². The lowest BCUT2D eigenvalue weighted by Crippen LogP contribution is -2.50. The van der Waals surface area contributed by atoms with Crippen LogP contribution in [0.25, 0.3) is 22.9 Å². The van der Waals surface area contributed by atoms with E-state index in [4.69, 9.17) is 15.2 Å². The molecule has 4 atom stereocenters. The summed E-state index contributed by atoms with van der Waals surface area (Å²) in [4.78, 5) is 52.0. The Hall–Kier alpha value is -6.44. The van der Waals surface area contributed by atoms with E-state index in [1.54, 1.807) is 84.9 Å². The molecule has 0 aliphatic heterocycles. The summed E-state index contributed by atoms with van der Waals surface area (Å²) in [6, 6.07) is 26.0. The average molecular weight is 687 g/mol. The van der Waals surface area contributed by atoms with Gasteiger partial charge in [-0.2, -0.15) is 0 Å². The first kappa shape index (κ1) is 35.9. The van der Waals surface area contributed by atoms with Gasteiger partial charge < -0.3 is 36.1 Å². The van der Waals surface area contributed by atoms with Crippen molar-refractivity contribution in [2.75, 3.05) is 0 Å². The minimum absolute atomic E-state index is 0.136. The highest BCUT2D eigenvalue weighted by Gasteiger charge is 2.36. The fraction of sp³-hybridized carbons (Fsp3) is 0.158. The van der Waals surface area contributed by atoms with Gasteiger partial charge in [-0.05, 0) is 49.2 Å². The number of nitrogens with one attached hydrogen (secondary N) is 4. The SMILES string of the molecule is C[C@](O)(C(=O)N[C@@H](C=N)C(=O)c1ccc(-c2nnc(-c3ccc(C(=O)[C@H](C=N)NC(=O)[C@](C)(O)c4ccccc4)cc3)o2)cc1)c1ccccc1. The number of nitrogens with zero attached hydrogens (tertiary/aromatic N) is 2. The van der Waals surface area contributed by atoms with Crippen molar-refractivity contribution < 1.29 is 33.8 Å². The fourth-order valence-electron chi connectivity index (χ4n) is 5.09. The molecule has 0 fully saturated rings. The largest absolute Gasteiger partial charge is 0.416 e. The van der Waals surface area contributed by atoms with Crippen molar-refractivity contribution >= 4 is 35.8 Å². The van der Waals surface area contributed by atoms with E-state index < -0.39 is 46.7 Å². The highest BCUT2D eigenvalue weighted by molar-refractivity contribution is 6.12. The lowest BCUT2D eigenvalue weighted by molar-refractivity contribution is -0.139. The highest BCUT2D eigenvalue weighted by atomic mass is 16.4. The minimum Gasteiger partial charge on any atom is -0.416 e. The molecule has 2 amide bonds. The lowest BCUT2D eigenvalue weighted by atomic mass is 9.94. The third-order valence-corrected chi connectivity index (χ3v) is 8.29. The summed E-state index contributed by atoms with van der Waals surface area (Å²) in [6.45, 7) is 2.61. The zero-order chi connectivity index (χ0) is 36.8. The molecule has 1 aromatic heterocycles. The van der Waals surface area contributed by atoms with Crippen LogP contribution in [0.4, 0.5) is 0 Å². The predicted molar refractivity (Wildman–Crippen MR) is 187 cm³/mol. The van der Waals surface area contributed by atoms with Gasteiger partial charge in [-0.25, -0.2) is 0 Å². The van der Waals surface area contributed by atoms with E-state index in [0.29, 0.717) is 22.3 Å². The molecule has 6 N–H and O–H groups in total. The van der Waals surface area contributed by atoms with Crippen molar-refractivity contribution in [3.05, 3.63) is 131 Å². The van der Waals surface area contributed by atoms with Crippen molar-refractivity contribution in [3.8, 4) is 22.9 Å². The van der Waals surface area contributed by atoms with Crippen LogP contribution in [0.3, 0.4) is 0 Å². The van der Waals surface area contributed by atoms with Crippen LogP contribution in [-0.4, -0.2) is 68.3 Å². The lowest BCUT2D eigenvalue weighted by Gasteiger charge is -2.24. The number of ketones is 2. The van der Waals surface area contributed by atoms with Gasteiger partial charge >= 0.3 is 0 Å². The van der Waals surface area contributed by atoms with Gasteiger partial charge in [0.2, 0.25) is 11.8 Å². The third kappa shape index (κ3) is 7.75. The second-order valence-electron chi connectivity index (χ2n) is 11.9. The molecule has 13 nitrogen and oxygen atoms in total. The molecule has 1 heterocycles. The van der Waals surface area contributed by atoms with Crippen LogP contribution in [0.2, 0.25) is 0 Å². The molecule has 258 valence electrons. The molecular formula is C38H34N6O7. The Bertz CT molecular complexity index is 1910. The molecule has 0 saturated carbocycles. The minimum atomic E-state index is -1.93. The Morgan fingerprint density at radius 2 is 0.941 bits per heavy atom. The first-order chi connectivity index (χ1) is 24.4. The quantitative estimate of drug-likeness (QED) is 0.0737. The van der Waals surface area contributed by atoms with Crippen molar-refractivity contribution in [3.63, 3.8) is 0 Å². The summed E-state index contributed by atoms with van der Waals surface area (Å²) in [5, 5.41) is 50.0. The molecule has 0 radical (unpaired) electrons. The molecule has 0 aliphatic carbocycles. The first-order valence-electron chi connectivity index (χ1n) is 15.7. The molecule has 0 bridgehead atoms. The van der Waals surface area contributed by atoms with Crippen LogP contribution in [0.15, 0.2) is 114 Å². The summed E-state index contributed by atoms with van der Waals surface area (Å²) in [5.41, 5.74) is -1.84. The van der Waals surface area contributed by atoms with Crippen LogP contribution < -0.4 is 10.6 Å². The van der Waals surface area contributed by atoms with E-state index in [-0.39, 0.29) is 22.9 Å². The van der Waals surface area contributed by atoms with Gasteiger partial charge in [0.05, 0.1) is 0 Å². The van der Waals surface area contributed by atoms with Gasteiger partial charge in [-0.1, -0.05) is 84.9 Å². The summed E-state index contributed by atoms with van der Waals surface area (Å²) < 4.78 is 5.82. The van der Waals surface area contributed by atoms with Gasteiger partial charge in [-0.3, -0.25) is 19.2 Å². The number of carbonyl (C=O) groups is 4. The third-order valence-electron chi connectivity index (χ3n) is 8.29. The predicted octanol–water partition coefficient (Wildman–Crippen LogP) is 3.85. The van der Waals surface area contributed by atoms with Crippen molar-refractivity contribution in [2.45, 2.75) is 37.1 Å². The molecule has 0 unspecified atom stereocenters. The number of hydrogen-bond acceptors (Lipinski definition) is 11. The second kappa shape index (κ2) is 15.0. The fourth-order valence-corrected chi connectivity index (χ4v) is 5.09. The van der Waals surface area contributed by atoms with Crippen LogP contribution in [-0.2, 0) is 20.8 Å². The number of benzene rings is 4. The van der Waals surface area contributed by atoms with Crippen molar-refractivity contribution in [1.29, 1.82) is 10.8 Å². The van der Waals surface area contributed by atoms with Gasteiger partial charge in [0.1, 0.15) is 12.1 Å². The normalized spacial score (nSPS) is 14.5. The number of hydrogen-bond donors (Lipinski definition) is 6. The maximum Gasteiger partial charge on any atom is 0.257 e. The number of amides is 2. The van der Waals surface area contributed by atoms with E-state index in [1.165, 1.54) is 38.1 Å². The Balaban J connectivity index is 1.23. The van der Waals surface area contributed by atoms with E-state index >= 15 is 0 Å². The summed E-state index contributed by atoms with van der Waals surface area (Å²) in [6.07, 6.45) is 1.58. The van der Waals surface area contributed by atoms with Crippen molar-refractivity contribution in [2.24, 2.45) is 0 Å². The van der Waals surface area contributed by atoms with Gasteiger partial charge in [-0.15, -0.1) is 10.2 Å². The Morgan fingerprint density at radius 1 is 0.608 bits per heavy atom. The molecular weight excluding hydrogens is 652 g/mol. The van der Waals surface area contributed by atoms with Crippen molar-refractivity contribution in [1.82, 2.24) is 20.8 Å². The summed E-state index contributed by atoms with van der Waals surface area (Å²) in [5.74, 6) is -2.54. The van der Waals surface area contributed by atoms with E-state index in [0.717, 1.165) is 12.4 Å². The molecule has 13 heteroatoms. The molecule has 51 heavy (non-hydrogen) atoms. The second-order valence-corrected chi connectivity index (χ2v) is 11.9.